The normalized spacial score (nSPS) is 23.1. The number of hydrogen-bond acceptors (Lipinski definition) is 5. The maximum absolute atomic E-state index is 5.76. The fourth-order valence-corrected chi connectivity index (χ4v) is 1.96. The molecule has 0 aliphatic carbocycles. The van der Waals surface area contributed by atoms with Crippen molar-refractivity contribution in [2.75, 3.05) is 27.4 Å². The van der Waals surface area contributed by atoms with Gasteiger partial charge < -0.3 is 24.7 Å². The van der Waals surface area contributed by atoms with Crippen LogP contribution >= 0.6 is 0 Å². The summed E-state index contributed by atoms with van der Waals surface area (Å²) in [6.45, 7) is 1.18. The third kappa shape index (κ3) is 2.75. The molecule has 5 nitrogen and oxygen atoms in total. The molecule has 2 N–H and O–H groups in total. The standard InChI is InChI=1S/C13H19NO4/c1-15-11-4-3-9(7-12(11)16-2)13-17-8-10(18-13)5-6-14/h3-4,7,10,13H,5-6,8,14H2,1-2H3. The molecule has 1 heterocycles. The first-order valence-corrected chi connectivity index (χ1v) is 5.97. The molecular formula is C13H19NO4. The number of benzene rings is 1. The zero-order valence-electron chi connectivity index (χ0n) is 10.7. The number of hydrogen-bond donors (Lipinski definition) is 1. The average Bonchev–Trinajstić information content (AvgIpc) is 2.87. The van der Waals surface area contributed by atoms with Gasteiger partial charge in [-0.15, -0.1) is 0 Å². The smallest absolute Gasteiger partial charge is 0.184 e. The van der Waals surface area contributed by atoms with E-state index >= 15 is 0 Å². The lowest BCUT2D eigenvalue weighted by Crippen LogP contribution is -2.15. The number of methoxy groups -OCH3 is 2. The van der Waals surface area contributed by atoms with Crippen molar-refractivity contribution >= 4 is 0 Å². The molecule has 0 aromatic heterocycles. The lowest BCUT2D eigenvalue weighted by Gasteiger charge is -2.14. The SMILES string of the molecule is COc1ccc(C2OCC(CCN)O2)cc1OC. The Bertz CT molecular complexity index is 397. The van der Waals surface area contributed by atoms with Crippen molar-refractivity contribution in [3.05, 3.63) is 23.8 Å². The molecular weight excluding hydrogens is 234 g/mol. The van der Waals surface area contributed by atoms with Crippen LogP contribution in [0.3, 0.4) is 0 Å². The van der Waals surface area contributed by atoms with Crippen LogP contribution in [0.15, 0.2) is 18.2 Å². The van der Waals surface area contributed by atoms with Crippen molar-refractivity contribution in [2.45, 2.75) is 18.8 Å². The zero-order valence-corrected chi connectivity index (χ0v) is 10.7. The van der Waals surface area contributed by atoms with E-state index in [4.69, 9.17) is 24.7 Å². The number of rotatable bonds is 5. The van der Waals surface area contributed by atoms with Crippen LogP contribution in [0.5, 0.6) is 11.5 Å². The van der Waals surface area contributed by atoms with Crippen LogP contribution in [0.1, 0.15) is 18.3 Å². The monoisotopic (exact) mass is 253 g/mol. The lowest BCUT2D eigenvalue weighted by molar-refractivity contribution is -0.0608. The molecule has 0 bridgehead atoms. The maximum Gasteiger partial charge on any atom is 0.184 e. The summed E-state index contributed by atoms with van der Waals surface area (Å²) in [7, 11) is 3.21. The average molecular weight is 253 g/mol. The van der Waals surface area contributed by atoms with E-state index in [0.29, 0.717) is 24.7 Å². The van der Waals surface area contributed by atoms with Gasteiger partial charge in [0.15, 0.2) is 17.8 Å². The zero-order chi connectivity index (χ0) is 13.0. The Morgan fingerprint density at radius 1 is 1.28 bits per heavy atom. The molecule has 1 aliphatic rings. The Morgan fingerprint density at radius 3 is 2.72 bits per heavy atom. The van der Waals surface area contributed by atoms with Crippen LogP contribution in [0, 0.1) is 0 Å². The summed E-state index contributed by atoms with van der Waals surface area (Å²) >= 11 is 0. The highest BCUT2D eigenvalue weighted by molar-refractivity contribution is 5.43. The summed E-state index contributed by atoms with van der Waals surface area (Å²) in [6.07, 6.45) is 0.540. The summed E-state index contributed by atoms with van der Waals surface area (Å²) in [5.74, 6) is 1.36. The van der Waals surface area contributed by atoms with Crippen molar-refractivity contribution in [3.8, 4) is 11.5 Å². The molecule has 18 heavy (non-hydrogen) atoms. The van der Waals surface area contributed by atoms with E-state index in [9.17, 15) is 0 Å². The molecule has 1 aliphatic heterocycles. The predicted octanol–water partition coefficient (Wildman–Crippen LogP) is 1.47. The minimum atomic E-state index is -0.346. The topological polar surface area (TPSA) is 62.9 Å². The van der Waals surface area contributed by atoms with E-state index < -0.39 is 0 Å². The van der Waals surface area contributed by atoms with Gasteiger partial charge in [-0.25, -0.2) is 0 Å². The summed E-state index contributed by atoms with van der Waals surface area (Å²) in [6, 6.07) is 5.63. The summed E-state index contributed by atoms with van der Waals surface area (Å²) in [5, 5.41) is 0. The van der Waals surface area contributed by atoms with E-state index in [2.05, 4.69) is 0 Å². The van der Waals surface area contributed by atoms with Crippen molar-refractivity contribution < 1.29 is 18.9 Å². The van der Waals surface area contributed by atoms with Crippen LogP contribution in [0.2, 0.25) is 0 Å². The van der Waals surface area contributed by atoms with Crippen LogP contribution < -0.4 is 15.2 Å². The second-order valence-electron chi connectivity index (χ2n) is 4.12. The Morgan fingerprint density at radius 2 is 2.06 bits per heavy atom. The van der Waals surface area contributed by atoms with Crippen LogP contribution in [0.25, 0.3) is 0 Å². The fraction of sp³-hybridized carbons (Fsp3) is 0.538. The van der Waals surface area contributed by atoms with Gasteiger partial charge in [0.05, 0.1) is 26.9 Å². The van der Waals surface area contributed by atoms with Gasteiger partial charge in [0.1, 0.15) is 0 Å². The molecule has 1 aromatic carbocycles. The second kappa shape index (κ2) is 6.04. The first kappa shape index (κ1) is 13.1. The number of ether oxygens (including phenoxy) is 4. The van der Waals surface area contributed by atoms with Crippen molar-refractivity contribution in [3.63, 3.8) is 0 Å². The fourth-order valence-electron chi connectivity index (χ4n) is 1.96. The Hall–Kier alpha value is -1.30. The van der Waals surface area contributed by atoms with Gasteiger partial charge in [0, 0.05) is 5.56 Å². The molecule has 5 heteroatoms. The minimum Gasteiger partial charge on any atom is -0.493 e. The molecule has 1 aromatic rings. The third-order valence-electron chi connectivity index (χ3n) is 2.92. The Labute approximate surface area is 107 Å². The minimum absolute atomic E-state index is 0.0769. The predicted molar refractivity (Wildman–Crippen MR) is 66.8 cm³/mol. The summed E-state index contributed by atoms with van der Waals surface area (Å²) in [4.78, 5) is 0. The molecule has 0 spiro atoms. The first-order chi connectivity index (χ1) is 8.78. The third-order valence-corrected chi connectivity index (χ3v) is 2.92. The van der Waals surface area contributed by atoms with E-state index in [1.807, 2.05) is 18.2 Å². The molecule has 0 radical (unpaired) electrons. The van der Waals surface area contributed by atoms with Crippen molar-refractivity contribution in [1.29, 1.82) is 0 Å². The van der Waals surface area contributed by atoms with Crippen molar-refractivity contribution in [1.82, 2.24) is 0 Å². The molecule has 100 valence electrons. The largest absolute Gasteiger partial charge is 0.493 e. The van der Waals surface area contributed by atoms with Gasteiger partial charge in [-0.3, -0.25) is 0 Å². The van der Waals surface area contributed by atoms with Gasteiger partial charge in [-0.1, -0.05) is 6.07 Å². The first-order valence-electron chi connectivity index (χ1n) is 5.97. The molecule has 1 saturated heterocycles. The second-order valence-corrected chi connectivity index (χ2v) is 4.12. The van der Waals surface area contributed by atoms with E-state index in [1.165, 1.54) is 0 Å². The molecule has 2 atom stereocenters. The quantitative estimate of drug-likeness (QED) is 0.861. The van der Waals surface area contributed by atoms with Gasteiger partial charge >= 0.3 is 0 Å². The van der Waals surface area contributed by atoms with E-state index in [0.717, 1.165) is 12.0 Å². The van der Waals surface area contributed by atoms with Gasteiger partial charge in [0.2, 0.25) is 0 Å². The van der Waals surface area contributed by atoms with Gasteiger partial charge in [-0.05, 0) is 25.1 Å². The highest BCUT2D eigenvalue weighted by atomic mass is 16.7. The molecule has 2 rings (SSSR count). The highest BCUT2D eigenvalue weighted by Crippen LogP contribution is 2.34. The molecule has 1 fully saturated rings. The summed E-state index contributed by atoms with van der Waals surface area (Å²) in [5.41, 5.74) is 6.43. The molecule has 0 amide bonds. The van der Waals surface area contributed by atoms with Crippen LogP contribution in [-0.2, 0) is 9.47 Å². The maximum atomic E-state index is 5.76. The Balaban J connectivity index is 2.10. The highest BCUT2D eigenvalue weighted by Gasteiger charge is 2.27. The summed E-state index contributed by atoms with van der Waals surface area (Å²) < 4.78 is 21.8. The number of nitrogens with two attached hydrogens (primary N) is 1. The van der Waals surface area contributed by atoms with E-state index in [1.54, 1.807) is 14.2 Å². The van der Waals surface area contributed by atoms with Gasteiger partial charge in [0.25, 0.3) is 0 Å². The van der Waals surface area contributed by atoms with Crippen molar-refractivity contribution in [2.24, 2.45) is 5.73 Å². The van der Waals surface area contributed by atoms with Crippen LogP contribution in [-0.4, -0.2) is 33.5 Å². The van der Waals surface area contributed by atoms with E-state index in [-0.39, 0.29) is 12.4 Å². The Kier molecular flexibility index (Phi) is 4.41. The van der Waals surface area contributed by atoms with Crippen LogP contribution in [0.4, 0.5) is 0 Å². The molecule has 2 unspecified atom stereocenters. The van der Waals surface area contributed by atoms with Gasteiger partial charge in [-0.2, -0.15) is 0 Å². The lowest BCUT2D eigenvalue weighted by atomic mass is 10.2. The molecule has 0 saturated carbocycles.